The molecule has 0 bridgehead atoms. The van der Waals surface area contributed by atoms with Crippen LogP contribution in [0.2, 0.25) is 0 Å². The molecule has 0 N–H and O–H groups in total. The molecule has 0 atom stereocenters. The van der Waals surface area contributed by atoms with Crippen molar-refractivity contribution in [2.45, 2.75) is 74.1 Å². The van der Waals surface area contributed by atoms with Gasteiger partial charge in [-0.2, -0.15) is 0 Å². The van der Waals surface area contributed by atoms with E-state index in [-0.39, 0.29) is 0 Å². The van der Waals surface area contributed by atoms with E-state index in [2.05, 4.69) is 45.1 Å². The van der Waals surface area contributed by atoms with Gasteiger partial charge in [0.1, 0.15) is 5.75 Å². The quantitative estimate of drug-likeness (QED) is 0.447. The Labute approximate surface area is 144 Å². The largest absolute Gasteiger partial charge is 0.467 e. The molecule has 0 heterocycles. The molecule has 2 rings (SSSR count). The first-order valence-corrected chi connectivity index (χ1v) is 9.05. The third kappa shape index (κ3) is 11.0. The smallest absolute Gasteiger partial charge is 0.188 e. The minimum absolute atomic E-state index is 0.313. The highest BCUT2D eigenvalue weighted by molar-refractivity contribution is 5.41. The number of ether oxygens (including phenoxy) is 2. The Morgan fingerprint density at radius 2 is 1.43 bits per heavy atom. The fraction of sp³-hybridized carbons (Fsp3) is 0.619. The van der Waals surface area contributed by atoms with E-state index in [0.717, 1.165) is 12.2 Å². The zero-order chi connectivity index (χ0) is 18.1. The third-order valence-corrected chi connectivity index (χ3v) is 3.15. The Morgan fingerprint density at radius 3 is 1.83 bits per heavy atom. The van der Waals surface area contributed by atoms with E-state index in [1.807, 2.05) is 27.7 Å². The number of hydrogen-bond acceptors (Lipinski definition) is 2. The maximum absolute atomic E-state index is 5.48. The van der Waals surface area contributed by atoms with Gasteiger partial charge in [-0.3, -0.25) is 0 Å². The molecule has 0 saturated heterocycles. The second kappa shape index (κ2) is 17.1. The van der Waals surface area contributed by atoms with Crippen molar-refractivity contribution in [3.8, 4) is 5.75 Å². The van der Waals surface area contributed by atoms with Crippen LogP contribution in [0.25, 0.3) is 0 Å². The van der Waals surface area contributed by atoms with Crippen LogP contribution in [0.5, 0.6) is 5.75 Å². The molecular formula is C21H38O2. The van der Waals surface area contributed by atoms with Gasteiger partial charge in [0.25, 0.3) is 0 Å². The topological polar surface area (TPSA) is 18.5 Å². The number of rotatable bonds is 5. The van der Waals surface area contributed by atoms with E-state index in [1.54, 1.807) is 7.11 Å². The second-order valence-corrected chi connectivity index (χ2v) is 4.89. The van der Waals surface area contributed by atoms with Gasteiger partial charge in [-0.25, -0.2) is 0 Å². The molecule has 0 radical (unpaired) electrons. The summed E-state index contributed by atoms with van der Waals surface area (Å²) in [5, 5.41) is 0. The molecule has 1 aliphatic rings. The molecule has 0 aromatic heterocycles. The first-order chi connectivity index (χ1) is 11.2. The number of aryl methyl sites for hydroxylation is 3. The summed E-state index contributed by atoms with van der Waals surface area (Å²) in [5.74, 6) is 0.925. The molecule has 0 amide bonds. The average molecular weight is 323 g/mol. The molecule has 0 aliphatic heterocycles. The summed E-state index contributed by atoms with van der Waals surface area (Å²) < 4.78 is 10.4. The third-order valence-electron chi connectivity index (χ3n) is 3.15. The molecule has 1 aliphatic carbocycles. The molecule has 0 spiro atoms. The fourth-order valence-corrected chi connectivity index (χ4v) is 1.83. The first kappa shape index (κ1) is 24.0. The van der Waals surface area contributed by atoms with Crippen molar-refractivity contribution in [3.63, 3.8) is 0 Å². The molecule has 1 aromatic rings. The Hall–Kier alpha value is -1.28. The average Bonchev–Trinajstić information content (AvgIpc) is 2.52. The van der Waals surface area contributed by atoms with Gasteiger partial charge >= 0.3 is 0 Å². The minimum atomic E-state index is 0.313. The van der Waals surface area contributed by atoms with Crippen LogP contribution in [0.4, 0.5) is 0 Å². The van der Waals surface area contributed by atoms with E-state index in [0.29, 0.717) is 6.79 Å². The lowest BCUT2D eigenvalue weighted by Crippen LogP contribution is -2.02. The zero-order valence-corrected chi connectivity index (χ0v) is 16.7. The summed E-state index contributed by atoms with van der Waals surface area (Å²) in [4.78, 5) is 0. The van der Waals surface area contributed by atoms with Gasteiger partial charge in [0.2, 0.25) is 0 Å². The van der Waals surface area contributed by atoms with Crippen molar-refractivity contribution in [3.05, 3.63) is 41.0 Å². The monoisotopic (exact) mass is 322 g/mol. The van der Waals surface area contributed by atoms with E-state index >= 15 is 0 Å². The van der Waals surface area contributed by atoms with Crippen molar-refractivity contribution in [1.29, 1.82) is 0 Å². The van der Waals surface area contributed by atoms with Gasteiger partial charge in [0.15, 0.2) is 6.79 Å². The standard InChI is InChI=1S/C13H20O2.C4H6.2C2H6/c1-5-6-12-7-11(3)13(8-10(12)2)15-9-14-4;1-2-4-3-1;2*1-2/h7-8H,5-6,9H2,1-4H3;1-2H,3-4H2;2*1-2H3. The molecular weight excluding hydrogens is 284 g/mol. The fourth-order valence-electron chi connectivity index (χ4n) is 1.83. The summed E-state index contributed by atoms with van der Waals surface area (Å²) in [6.07, 6.45) is 9.32. The molecule has 1 aromatic carbocycles. The lowest BCUT2D eigenvalue weighted by molar-refractivity contribution is 0.0506. The maximum atomic E-state index is 5.48. The van der Waals surface area contributed by atoms with Crippen LogP contribution >= 0.6 is 0 Å². The molecule has 2 nitrogen and oxygen atoms in total. The van der Waals surface area contributed by atoms with Crippen LogP contribution in [0.3, 0.4) is 0 Å². The van der Waals surface area contributed by atoms with Crippen molar-refractivity contribution in [1.82, 2.24) is 0 Å². The van der Waals surface area contributed by atoms with E-state index < -0.39 is 0 Å². The van der Waals surface area contributed by atoms with Crippen LogP contribution < -0.4 is 4.74 Å². The predicted molar refractivity (Wildman–Crippen MR) is 103 cm³/mol. The van der Waals surface area contributed by atoms with E-state index in [9.17, 15) is 0 Å². The normalized spacial score (nSPS) is 10.8. The van der Waals surface area contributed by atoms with Gasteiger partial charge in [0, 0.05) is 7.11 Å². The Bertz CT molecular complexity index is 403. The summed E-state index contributed by atoms with van der Waals surface area (Å²) >= 11 is 0. The number of methoxy groups -OCH3 is 1. The second-order valence-electron chi connectivity index (χ2n) is 4.89. The van der Waals surface area contributed by atoms with Crippen LogP contribution in [-0.2, 0) is 11.2 Å². The van der Waals surface area contributed by atoms with Gasteiger partial charge in [-0.05, 0) is 55.9 Å². The maximum Gasteiger partial charge on any atom is 0.188 e. The Balaban J connectivity index is 0. The Kier molecular flexibility index (Phi) is 17.8. The van der Waals surface area contributed by atoms with Crippen molar-refractivity contribution < 1.29 is 9.47 Å². The van der Waals surface area contributed by atoms with Crippen LogP contribution in [-0.4, -0.2) is 13.9 Å². The molecule has 0 unspecified atom stereocenters. The highest BCUT2D eigenvalue weighted by atomic mass is 16.7. The summed E-state index contributed by atoms with van der Waals surface area (Å²) in [5.41, 5.74) is 3.90. The van der Waals surface area contributed by atoms with Crippen LogP contribution in [0.1, 0.15) is 70.6 Å². The summed E-state index contributed by atoms with van der Waals surface area (Å²) in [6, 6.07) is 4.31. The lowest BCUT2D eigenvalue weighted by atomic mass is 10.0. The Morgan fingerprint density at radius 1 is 0.913 bits per heavy atom. The first-order valence-electron chi connectivity index (χ1n) is 9.05. The van der Waals surface area contributed by atoms with Gasteiger partial charge in [0.05, 0.1) is 0 Å². The molecule has 134 valence electrons. The van der Waals surface area contributed by atoms with Gasteiger partial charge in [-0.15, -0.1) is 0 Å². The number of benzene rings is 1. The molecule has 2 heteroatoms. The van der Waals surface area contributed by atoms with E-state index in [4.69, 9.17) is 9.47 Å². The van der Waals surface area contributed by atoms with Crippen molar-refractivity contribution in [2.24, 2.45) is 0 Å². The number of allylic oxidation sites excluding steroid dienone is 2. The van der Waals surface area contributed by atoms with Crippen molar-refractivity contribution in [2.75, 3.05) is 13.9 Å². The minimum Gasteiger partial charge on any atom is -0.467 e. The summed E-state index contributed by atoms with van der Waals surface area (Å²) in [6.45, 7) is 14.7. The molecule has 0 saturated carbocycles. The molecule has 0 fully saturated rings. The highest BCUT2D eigenvalue weighted by Crippen LogP contribution is 2.23. The van der Waals surface area contributed by atoms with Gasteiger partial charge in [-0.1, -0.05) is 59.3 Å². The summed E-state index contributed by atoms with van der Waals surface area (Å²) in [7, 11) is 1.63. The predicted octanol–water partition coefficient (Wildman–Crippen LogP) is 6.63. The molecule has 23 heavy (non-hydrogen) atoms. The number of hydrogen-bond donors (Lipinski definition) is 0. The van der Waals surface area contributed by atoms with Gasteiger partial charge < -0.3 is 9.47 Å². The lowest BCUT2D eigenvalue weighted by Gasteiger charge is -2.12. The highest BCUT2D eigenvalue weighted by Gasteiger charge is 2.04. The SMILES string of the molecule is C1=CCC1.CC.CC.CCCc1cc(C)c(OCOC)cc1C. The zero-order valence-electron chi connectivity index (χ0n) is 16.7. The van der Waals surface area contributed by atoms with Crippen LogP contribution in [0, 0.1) is 13.8 Å². The van der Waals surface area contributed by atoms with Crippen molar-refractivity contribution >= 4 is 0 Å². The van der Waals surface area contributed by atoms with E-state index in [1.165, 1.54) is 36.0 Å². The van der Waals surface area contributed by atoms with Crippen LogP contribution in [0.15, 0.2) is 24.3 Å².